The van der Waals surface area contributed by atoms with E-state index in [0.717, 1.165) is 10.5 Å². The van der Waals surface area contributed by atoms with Crippen LogP contribution in [-0.2, 0) is 9.31 Å². The molecule has 17 heavy (non-hydrogen) atoms. The SMILES string of the molecule is CSc1cccnc1B1OC(C)(C)C(C)(C)O1. The Kier molecular flexibility index (Phi) is 3.27. The molecular weight excluding hydrogens is 233 g/mol. The molecule has 2 rings (SSSR count). The number of pyridine rings is 1. The smallest absolute Gasteiger partial charge is 0.398 e. The third-order valence-electron chi connectivity index (χ3n) is 3.50. The van der Waals surface area contributed by atoms with Gasteiger partial charge in [0.25, 0.3) is 0 Å². The maximum absolute atomic E-state index is 5.99. The summed E-state index contributed by atoms with van der Waals surface area (Å²) in [6.07, 6.45) is 3.81. The van der Waals surface area contributed by atoms with Gasteiger partial charge >= 0.3 is 7.12 Å². The number of hydrogen-bond donors (Lipinski definition) is 0. The molecule has 3 nitrogen and oxygen atoms in total. The molecule has 0 radical (unpaired) electrons. The third-order valence-corrected chi connectivity index (χ3v) is 4.28. The average Bonchev–Trinajstić information content (AvgIpc) is 2.48. The number of hydrogen-bond acceptors (Lipinski definition) is 4. The van der Waals surface area contributed by atoms with E-state index in [1.807, 2.05) is 18.4 Å². The van der Waals surface area contributed by atoms with Gasteiger partial charge in [0.15, 0.2) is 0 Å². The second kappa shape index (κ2) is 4.30. The Bertz CT molecular complexity index is 407. The molecule has 0 bridgehead atoms. The van der Waals surface area contributed by atoms with Gasteiger partial charge in [0.2, 0.25) is 0 Å². The van der Waals surface area contributed by atoms with E-state index in [-0.39, 0.29) is 18.3 Å². The molecule has 2 heterocycles. The zero-order valence-corrected chi connectivity index (χ0v) is 11.8. The first-order chi connectivity index (χ1) is 7.87. The van der Waals surface area contributed by atoms with Crippen molar-refractivity contribution in [1.82, 2.24) is 4.98 Å². The quantitative estimate of drug-likeness (QED) is 0.595. The molecular formula is C12H18BNO2S. The molecule has 1 aliphatic heterocycles. The van der Waals surface area contributed by atoms with Crippen molar-refractivity contribution < 1.29 is 9.31 Å². The van der Waals surface area contributed by atoms with Gasteiger partial charge < -0.3 is 9.31 Å². The molecule has 0 atom stereocenters. The summed E-state index contributed by atoms with van der Waals surface area (Å²) >= 11 is 1.66. The molecule has 0 spiro atoms. The van der Waals surface area contributed by atoms with Gasteiger partial charge in [-0.15, -0.1) is 11.8 Å². The average molecular weight is 251 g/mol. The second-order valence-corrected chi connectivity index (χ2v) is 6.03. The van der Waals surface area contributed by atoms with Gasteiger partial charge in [-0.3, -0.25) is 4.98 Å². The lowest BCUT2D eigenvalue weighted by atomic mass is 9.84. The van der Waals surface area contributed by atoms with Gasteiger partial charge in [0, 0.05) is 11.1 Å². The maximum Gasteiger partial charge on any atom is 0.515 e. The lowest BCUT2D eigenvalue weighted by molar-refractivity contribution is 0.00578. The fourth-order valence-corrected chi connectivity index (χ4v) is 2.28. The molecule has 0 amide bonds. The fraction of sp³-hybridized carbons (Fsp3) is 0.583. The maximum atomic E-state index is 5.99. The highest BCUT2D eigenvalue weighted by molar-refractivity contribution is 7.98. The van der Waals surface area contributed by atoms with E-state index in [1.54, 1.807) is 18.0 Å². The number of thioether (sulfide) groups is 1. The molecule has 5 heteroatoms. The van der Waals surface area contributed by atoms with Crippen LogP contribution in [0.3, 0.4) is 0 Å². The summed E-state index contributed by atoms with van der Waals surface area (Å²) in [6, 6.07) is 3.97. The molecule has 1 aromatic heterocycles. The predicted molar refractivity (Wildman–Crippen MR) is 71.7 cm³/mol. The van der Waals surface area contributed by atoms with Crippen LogP contribution >= 0.6 is 11.8 Å². The molecule has 0 N–H and O–H groups in total. The van der Waals surface area contributed by atoms with Crippen molar-refractivity contribution in [3.8, 4) is 0 Å². The molecule has 1 saturated heterocycles. The van der Waals surface area contributed by atoms with E-state index >= 15 is 0 Å². The van der Waals surface area contributed by atoms with Crippen LogP contribution in [0.25, 0.3) is 0 Å². The van der Waals surface area contributed by atoms with Crippen molar-refractivity contribution in [2.75, 3.05) is 6.26 Å². The Morgan fingerprint density at radius 3 is 2.29 bits per heavy atom. The van der Waals surface area contributed by atoms with Crippen molar-refractivity contribution >= 4 is 24.5 Å². The van der Waals surface area contributed by atoms with Crippen LogP contribution in [0.5, 0.6) is 0 Å². The van der Waals surface area contributed by atoms with E-state index in [9.17, 15) is 0 Å². The van der Waals surface area contributed by atoms with Gasteiger partial charge in [0.1, 0.15) is 0 Å². The Hall–Kier alpha value is -0.515. The first-order valence-corrected chi connectivity index (χ1v) is 6.94. The van der Waals surface area contributed by atoms with Gasteiger partial charge in [-0.05, 0) is 46.1 Å². The van der Waals surface area contributed by atoms with Crippen LogP contribution in [0.15, 0.2) is 23.2 Å². The summed E-state index contributed by atoms with van der Waals surface area (Å²) in [7, 11) is -0.372. The molecule has 0 aliphatic carbocycles. The van der Waals surface area contributed by atoms with Crippen molar-refractivity contribution in [1.29, 1.82) is 0 Å². The minimum absolute atomic E-state index is 0.315. The molecule has 1 aromatic rings. The van der Waals surface area contributed by atoms with Crippen molar-refractivity contribution in [2.45, 2.75) is 43.8 Å². The van der Waals surface area contributed by atoms with E-state index < -0.39 is 0 Å². The summed E-state index contributed by atoms with van der Waals surface area (Å²) in [6.45, 7) is 8.20. The molecule has 1 fully saturated rings. The Morgan fingerprint density at radius 2 is 1.76 bits per heavy atom. The number of rotatable bonds is 2. The van der Waals surface area contributed by atoms with Crippen LogP contribution < -0.4 is 5.59 Å². The largest absolute Gasteiger partial charge is 0.515 e. The van der Waals surface area contributed by atoms with Gasteiger partial charge in [-0.25, -0.2) is 0 Å². The minimum Gasteiger partial charge on any atom is -0.398 e. The summed E-state index contributed by atoms with van der Waals surface area (Å²) in [5.41, 5.74) is 0.245. The molecule has 1 aliphatic rings. The standard InChI is InChI=1S/C12H18BNO2S/c1-11(2)12(3,4)16-13(15-11)10-9(17-5)7-6-8-14-10/h6-8H,1-5H3. The van der Waals surface area contributed by atoms with Gasteiger partial charge in [0.05, 0.1) is 16.8 Å². The van der Waals surface area contributed by atoms with E-state index in [0.29, 0.717) is 0 Å². The number of nitrogens with zero attached hydrogens (tertiary/aromatic N) is 1. The minimum atomic E-state index is -0.372. The summed E-state index contributed by atoms with van der Waals surface area (Å²) in [5, 5.41) is 0. The summed E-state index contributed by atoms with van der Waals surface area (Å²) in [5.74, 6) is 0. The fourth-order valence-electron chi connectivity index (χ4n) is 1.71. The van der Waals surface area contributed by atoms with Crippen LogP contribution in [0, 0.1) is 0 Å². The molecule has 0 saturated carbocycles. The lowest BCUT2D eigenvalue weighted by Gasteiger charge is -2.32. The molecule has 92 valence electrons. The van der Waals surface area contributed by atoms with Crippen LogP contribution in [0.2, 0.25) is 0 Å². The monoisotopic (exact) mass is 251 g/mol. The Balaban J connectivity index is 2.32. The predicted octanol–water partition coefficient (Wildman–Crippen LogP) is 2.10. The third kappa shape index (κ3) is 2.24. The highest BCUT2D eigenvalue weighted by Gasteiger charge is 2.52. The van der Waals surface area contributed by atoms with Crippen molar-refractivity contribution in [3.63, 3.8) is 0 Å². The van der Waals surface area contributed by atoms with Crippen LogP contribution in [0.1, 0.15) is 27.7 Å². The van der Waals surface area contributed by atoms with E-state index in [4.69, 9.17) is 9.31 Å². The van der Waals surface area contributed by atoms with Gasteiger partial charge in [-0.2, -0.15) is 0 Å². The first-order valence-electron chi connectivity index (χ1n) is 5.72. The molecule has 0 unspecified atom stereocenters. The second-order valence-electron chi connectivity index (χ2n) is 5.18. The molecule has 0 aromatic carbocycles. The normalized spacial score (nSPS) is 21.8. The highest BCUT2D eigenvalue weighted by atomic mass is 32.2. The Morgan fingerprint density at radius 1 is 1.18 bits per heavy atom. The van der Waals surface area contributed by atoms with Crippen LogP contribution in [-0.4, -0.2) is 29.6 Å². The van der Waals surface area contributed by atoms with E-state index in [2.05, 4.69) is 32.7 Å². The lowest BCUT2D eigenvalue weighted by Crippen LogP contribution is -2.41. The first kappa shape index (κ1) is 12.9. The van der Waals surface area contributed by atoms with Crippen molar-refractivity contribution in [2.24, 2.45) is 0 Å². The highest BCUT2D eigenvalue weighted by Crippen LogP contribution is 2.36. The number of aromatic nitrogens is 1. The zero-order valence-electron chi connectivity index (χ0n) is 11.0. The van der Waals surface area contributed by atoms with E-state index in [1.165, 1.54) is 0 Å². The van der Waals surface area contributed by atoms with Gasteiger partial charge in [-0.1, -0.05) is 0 Å². The Labute approximate surface area is 107 Å². The van der Waals surface area contributed by atoms with Crippen LogP contribution in [0.4, 0.5) is 0 Å². The summed E-state index contributed by atoms with van der Waals surface area (Å²) < 4.78 is 12.0. The topological polar surface area (TPSA) is 31.4 Å². The van der Waals surface area contributed by atoms with Crippen molar-refractivity contribution in [3.05, 3.63) is 18.3 Å². The summed E-state index contributed by atoms with van der Waals surface area (Å²) in [4.78, 5) is 5.49. The zero-order chi connectivity index (χ0) is 12.7.